The Hall–Kier alpha value is -1.28. The van der Waals surface area contributed by atoms with Gasteiger partial charge in [0.1, 0.15) is 6.04 Å². The van der Waals surface area contributed by atoms with Crippen LogP contribution in [-0.2, 0) is 19.1 Å². The Morgan fingerprint density at radius 2 is 2.10 bits per heavy atom. The van der Waals surface area contributed by atoms with Crippen molar-refractivity contribution < 1.29 is 19.1 Å². The number of ether oxygens (including phenoxy) is 1. The summed E-state index contributed by atoms with van der Waals surface area (Å²) in [7, 11) is 2.90. The number of carbonyl (C=O) groups excluding carboxylic acids is 3. The molecule has 2 amide bonds. The lowest BCUT2D eigenvalue weighted by molar-refractivity contribution is -0.142. The zero-order valence-electron chi connectivity index (χ0n) is 12.5. The van der Waals surface area contributed by atoms with Crippen molar-refractivity contribution in [2.75, 3.05) is 32.2 Å². The maximum atomic E-state index is 11.8. The molecule has 0 saturated heterocycles. The third kappa shape index (κ3) is 7.33. The van der Waals surface area contributed by atoms with Crippen LogP contribution in [0.4, 0.5) is 0 Å². The first kappa shape index (κ1) is 17.8. The van der Waals surface area contributed by atoms with Crippen molar-refractivity contribution in [1.82, 2.24) is 10.2 Å². The third-order valence-electron chi connectivity index (χ3n) is 3.05. The average Bonchev–Trinajstić information content (AvgIpc) is 3.25. The minimum absolute atomic E-state index is 0.0809. The molecule has 8 heteroatoms. The number of methoxy groups -OCH3 is 1. The van der Waals surface area contributed by atoms with E-state index in [-0.39, 0.29) is 24.1 Å². The highest BCUT2D eigenvalue weighted by atomic mass is 32.2. The largest absolute Gasteiger partial charge is 0.468 e. The molecule has 0 aliphatic heterocycles. The Bertz CT molecular complexity index is 388. The lowest BCUT2D eigenvalue weighted by atomic mass is 10.2. The SMILES string of the molecule is COC(=O)C(N)CCSCC(=O)N(C)CC(=O)NC1CC1. The van der Waals surface area contributed by atoms with Crippen molar-refractivity contribution >= 4 is 29.5 Å². The molecular formula is C13H23N3O4S. The fourth-order valence-electron chi connectivity index (χ4n) is 1.55. The third-order valence-corrected chi connectivity index (χ3v) is 4.03. The standard InChI is InChI=1S/C13H23N3O4S/c1-16(7-11(17)15-9-3-4-9)12(18)8-21-6-5-10(14)13(19)20-2/h9-10H,3-8,14H2,1-2H3,(H,15,17). The van der Waals surface area contributed by atoms with Crippen LogP contribution >= 0.6 is 11.8 Å². The molecule has 1 atom stereocenters. The number of amides is 2. The number of hydrogen-bond acceptors (Lipinski definition) is 6. The molecule has 1 aliphatic rings. The molecule has 0 radical (unpaired) electrons. The minimum Gasteiger partial charge on any atom is -0.468 e. The lowest BCUT2D eigenvalue weighted by Crippen LogP contribution is -2.39. The van der Waals surface area contributed by atoms with E-state index in [0.29, 0.717) is 18.2 Å². The predicted octanol–water partition coefficient (Wildman–Crippen LogP) is -0.653. The molecule has 0 heterocycles. The number of likely N-dealkylation sites (N-methyl/N-ethyl adjacent to an activating group) is 1. The minimum atomic E-state index is -0.653. The summed E-state index contributed by atoms with van der Waals surface area (Å²) in [5, 5.41) is 2.83. The Kier molecular flexibility index (Phi) is 7.52. The van der Waals surface area contributed by atoms with Gasteiger partial charge in [-0.3, -0.25) is 14.4 Å². The van der Waals surface area contributed by atoms with Crippen LogP contribution < -0.4 is 11.1 Å². The second kappa shape index (κ2) is 8.89. The molecule has 1 fully saturated rings. The highest BCUT2D eigenvalue weighted by Crippen LogP contribution is 2.18. The van der Waals surface area contributed by atoms with Gasteiger partial charge in [0, 0.05) is 13.1 Å². The first-order valence-electron chi connectivity index (χ1n) is 6.88. The second-order valence-corrected chi connectivity index (χ2v) is 6.17. The Balaban J connectivity index is 2.11. The molecule has 1 saturated carbocycles. The van der Waals surface area contributed by atoms with Gasteiger partial charge in [0.25, 0.3) is 0 Å². The van der Waals surface area contributed by atoms with Crippen molar-refractivity contribution in [3.05, 3.63) is 0 Å². The molecule has 1 rings (SSSR count). The summed E-state index contributed by atoms with van der Waals surface area (Å²) in [5.74, 6) is 0.171. The number of nitrogens with one attached hydrogen (secondary N) is 1. The van der Waals surface area contributed by atoms with Gasteiger partial charge in [-0.15, -0.1) is 0 Å². The van der Waals surface area contributed by atoms with E-state index in [2.05, 4.69) is 10.1 Å². The van der Waals surface area contributed by atoms with Gasteiger partial charge in [-0.1, -0.05) is 0 Å². The summed E-state index contributed by atoms with van der Waals surface area (Å²) in [6, 6.07) is -0.352. The van der Waals surface area contributed by atoms with Crippen LogP contribution in [0.15, 0.2) is 0 Å². The summed E-state index contributed by atoms with van der Waals surface area (Å²) in [6.07, 6.45) is 2.51. The zero-order chi connectivity index (χ0) is 15.8. The van der Waals surface area contributed by atoms with E-state index in [9.17, 15) is 14.4 Å². The fourth-order valence-corrected chi connectivity index (χ4v) is 2.51. The van der Waals surface area contributed by atoms with Crippen LogP contribution in [0.2, 0.25) is 0 Å². The number of hydrogen-bond donors (Lipinski definition) is 2. The van der Waals surface area contributed by atoms with Crippen molar-refractivity contribution in [3.8, 4) is 0 Å². The number of nitrogens with two attached hydrogens (primary N) is 1. The van der Waals surface area contributed by atoms with Crippen LogP contribution in [0.1, 0.15) is 19.3 Å². The first-order chi connectivity index (χ1) is 9.93. The highest BCUT2D eigenvalue weighted by molar-refractivity contribution is 7.99. The van der Waals surface area contributed by atoms with E-state index < -0.39 is 12.0 Å². The zero-order valence-corrected chi connectivity index (χ0v) is 13.3. The van der Waals surface area contributed by atoms with Crippen molar-refractivity contribution in [2.45, 2.75) is 31.3 Å². The summed E-state index contributed by atoms with van der Waals surface area (Å²) in [6.45, 7) is 0.0809. The second-order valence-electron chi connectivity index (χ2n) is 5.06. The normalized spacial score (nSPS) is 15.2. The smallest absolute Gasteiger partial charge is 0.322 e. The Morgan fingerprint density at radius 1 is 1.43 bits per heavy atom. The highest BCUT2D eigenvalue weighted by Gasteiger charge is 2.24. The number of nitrogens with zero attached hydrogens (tertiary/aromatic N) is 1. The summed E-state index contributed by atoms with van der Waals surface area (Å²) < 4.78 is 4.52. The van der Waals surface area contributed by atoms with Crippen molar-refractivity contribution in [1.29, 1.82) is 0 Å². The van der Waals surface area contributed by atoms with Crippen LogP contribution in [0, 0.1) is 0 Å². The van der Waals surface area contributed by atoms with Gasteiger partial charge < -0.3 is 20.7 Å². The topological polar surface area (TPSA) is 102 Å². The van der Waals surface area contributed by atoms with Gasteiger partial charge in [-0.05, 0) is 25.0 Å². The van der Waals surface area contributed by atoms with E-state index in [4.69, 9.17) is 5.73 Å². The first-order valence-corrected chi connectivity index (χ1v) is 8.04. The van der Waals surface area contributed by atoms with Crippen molar-refractivity contribution in [3.63, 3.8) is 0 Å². The van der Waals surface area contributed by atoms with Gasteiger partial charge in [0.15, 0.2) is 0 Å². The molecule has 0 aromatic carbocycles. The molecule has 3 N–H and O–H groups in total. The molecule has 0 spiro atoms. The van der Waals surface area contributed by atoms with Gasteiger partial charge in [-0.2, -0.15) is 11.8 Å². The van der Waals surface area contributed by atoms with E-state index in [1.54, 1.807) is 7.05 Å². The molecular weight excluding hydrogens is 294 g/mol. The monoisotopic (exact) mass is 317 g/mol. The average molecular weight is 317 g/mol. The summed E-state index contributed by atoms with van der Waals surface area (Å²) in [5.41, 5.74) is 5.59. The summed E-state index contributed by atoms with van der Waals surface area (Å²) in [4.78, 5) is 35.9. The van der Waals surface area contributed by atoms with Crippen LogP contribution in [-0.4, -0.2) is 67.0 Å². The number of carbonyl (C=O) groups is 3. The molecule has 21 heavy (non-hydrogen) atoms. The lowest BCUT2D eigenvalue weighted by Gasteiger charge is -2.16. The van der Waals surface area contributed by atoms with E-state index >= 15 is 0 Å². The van der Waals surface area contributed by atoms with Gasteiger partial charge in [0.05, 0.1) is 19.4 Å². The maximum Gasteiger partial charge on any atom is 0.322 e. The van der Waals surface area contributed by atoms with Gasteiger partial charge in [-0.25, -0.2) is 0 Å². The molecule has 120 valence electrons. The maximum absolute atomic E-state index is 11.8. The quantitative estimate of drug-likeness (QED) is 0.433. The van der Waals surface area contributed by atoms with Gasteiger partial charge in [0.2, 0.25) is 11.8 Å². The van der Waals surface area contributed by atoms with Crippen LogP contribution in [0.3, 0.4) is 0 Å². The Morgan fingerprint density at radius 3 is 2.67 bits per heavy atom. The van der Waals surface area contributed by atoms with Crippen LogP contribution in [0.25, 0.3) is 0 Å². The molecule has 0 aromatic heterocycles. The van der Waals surface area contributed by atoms with Crippen LogP contribution in [0.5, 0.6) is 0 Å². The number of thioether (sulfide) groups is 1. The fraction of sp³-hybridized carbons (Fsp3) is 0.769. The van der Waals surface area contributed by atoms with E-state index in [1.165, 1.54) is 23.8 Å². The molecule has 0 bridgehead atoms. The molecule has 0 aromatic rings. The molecule has 7 nitrogen and oxygen atoms in total. The van der Waals surface area contributed by atoms with E-state index in [1.807, 2.05) is 0 Å². The van der Waals surface area contributed by atoms with Gasteiger partial charge >= 0.3 is 5.97 Å². The van der Waals surface area contributed by atoms with E-state index in [0.717, 1.165) is 12.8 Å². The number of esters is 1. The molecule has 1 aliphatic carbocycles. The summed E-state index contributed by atoms with van der Waals surface area (Å²) >= 11 is 1.39. The number of rotatable bonds is 9. The van der Waals surface area contributed by atoms with Crippen molar-refractivity contribution in [2.24, 2.45) is 5.73 Å². The Labute approximate surface area is 128 Å². The molecule has 1 unspecified atom stereocenters. The predicted molar refractivity (Wildman–Crippen MR) is 80.7 cm³/mol.